The molecule has 0 saturated carbocycles. The van der Waals surface area contributed by atoms with E-state index in [4.69, 9.17) is 0 Å². The van der Waals surface area contributed by atoms with Crippen LogP contribution in [0.4, 0.5) is 5.69 Å². The SMILES string of the molecule is O=C1CC(c2ccc(N3C(=O)c4ccccc4C3=O)cc2)=NN1. The summed E-state index contributed by atoms with van der Waals surface area (Å²) in [4.78, 5) is 37.2. The zero-order chi connectivity index (χ0) is 16.0. The van der Waals surface area contributed by atoms with Crippen LogP contribution in [0.25, 0.3) is 0 Å². The van der Waals surface area contributed by atoms with Crippen molar-refractivity contribution >= 4 is 29.1 Å². The summed E-state index contributed by atoms with van der Waals surface area (Å²) < 4.78 is 0. The van der Waals surface area contributed by atoms with Crippen molar-refractivity contribution in [1.29, 1.82) is 0 Å². The fraction of sp³-hybridized carbons (Fsp3) is 0.0588. The molecule has 2 aromatic carbocycles. The molecule has 2 heterocycles. The molecule has 0 bridgehead atoms. The summed E-state index contributed by atoms with van der Waals surface area (Å²) in [7, 11) is 0. The molecule has 2 aromatic rings. The molecule has 2 aliphatic heterocycles. The molecule has 2 aliphatic rings. The molecular formula is C17H11N3O3. The highest BCUT2D eigenvalue weighted by Gasteiger charge is 2.36. The highest BCUT2D eigenvalue weighted by atomic mass is 16.2. The zero-order valence-electron chi connectivity index (χ0n) is 11.9. The van der Waals surface area contributed by atoms with Crippen LogP contribution in [0, 0.1) is 0 Å². The largest absolute Gasteiger partial charge is 0.273 e. The number of nitrogens with zero attached hydrogens (tertiary/aromatic N) is 2. The third-order valence-corrected chi connectivity index (χ3v) is 3.90. The molecule has 0 saturated heterocycles. The number of hydrazone groups is 1. The van der Waals surface area contributed by atoms with E-state index in [1.807, 2.05) is 0 Å². The van der Waals surface area contributed by atoms with Gasteiger partial charge in [-0.3, -0.25) is 14.4 Å². The van der Waals surface area contributed by atoms with Gasteiger partial charge < -0.3 is 0 Å². The van der Waals surface area contributed by atoms with Crippen molar-refractivity contribution in [3.8, 4) is 0 Å². The van der Waals surface area contributed by atoms with Crippen LogP contribution >= 0.6 is 0 Å². The molecule has 112 valence electrons. The van der Waals surface area contributed by atoms with Gasteiger partial charge in [-0.25, -0.2) is 10.3 Å². The maximum Gasteiger partial charge on any atom is 0.266 e. The number of carbonyl (C=O) groups is 3. The van der Waals surface area contributed by atoms with Gasteiger partial charge >= 0.3 is 0 Å². The van der Waals surface area contributed by atoms with Gasteiger partial charge in [0.25, 0.3) is 11.8 Å². The zero-order valence-corrected chi connectivity index (χ0v) is 11.9. The van der Waals surface area contributed by atoms with E-state index >= 15 is 0 Å². The number of carbonyl (C=O) groups excluding carboxylic acids is 3. The van der Waals surface area contributed by atoms with Crippen molar-refractivity contribution in [2.75, 3.05) is 4.90 Å². The quantitative estimate of drug-likeness (QED) is 0.858. The molecular weight excluding hydrogens is 294 g/mol. The molecule has 1 N–H and O–H groups in total. The van der Waals surface area contributed by atoms with Crippen LogP contribution in [0.1, 0.15) is 32.7 Å². The first-order chi connectivity index (χ1) is 11.1. The van der Waals surface area contributed by atoms with Crippen LogP contribution in [0.15, 0.2) is 53.6 Å². The van der Waals surface area contributed by atoms with E-state index in [0.717, 1.165) is 10.5 Å². The Kier molecular flexibility index (Phi) is 2.84. The van der Waals surface area contributed by atoms with E-state index in [-0.39, 0.29) is 24.1 Å². The summed E-state index contributed by atoms with van der Waals surface area (Å²) in [6.07, 6.45) is 0.229. The number of anilines is 1. The number of imide groups is 1. The van der Waals surface area contributed by atoms with E-state index in [0.29, 0.717) is 22.5 Å². The lowest BCUT2D eigenvalue weighted by Gasteiger charge is -2.14. The first kappa shape index (κ1) is 13.4. The summed E-state index contributed by atoms with van der Waals surface area (Å²) in [6, 6.07) is 13.6. The Morgan fingerprint density at radius 3 is 2.00 bits per heavy atom. The molecule has 0 spiro atoms. The first-order valence-corrected chi connectivity index (χ1v) is 7.09. The van der Waals surface area contributed by atoms with Crippen LogP contribution in [0.2, 0.25) is 0 Å². The Morgan fingerprint density at radius 2 is 1.48 bits per heavy atom. The van der Waals surface area contributed by atoms with Crippen LogP contribution in [0.3, 0.4) is 0 Å². The van der Waals surface area contributed by atoms with Crippen molar-refractivity contribution in [3.05, 3.63) is 65.2 Å². The number of fused-ring (bicyclic) bond motifs is 1. The number of nitrogens with one attached hydrogen (secondary N) is 1. The fourth-order valence-electron chi connectivity index (χ4n) is 2.75. The van der Waals surface area contributed by atoms with E-state index < -0.39 is 0 Å². The van der Waals surface area contributed by atoms with E-state index in [9.17, 15) is 14.4 Å². The molecule has 6 nitrogen and oxygen atoms in total. The number of rotatable bonds is 2. The second kappa shape index (κ2) is 4.88. The average Bonchev–Trinajstić information content (AvgIpc) is 3.11. The van der Waals surface area contributed by atoms with E-state index in [2.05, 4.69) is 10.5 Å². The molecule has 0 atom stereocenters. The second-order valence-corrected chi connectivity index (χ2v) is 5.31. The lowest BCUT2D eigenvalue weighted by molar-refractivity contribution is -0.119. The fourth-order valence-corrected chi connectivity index (χ4v) is 2.75. The van der Waals surface area contributed by atoms with Gasteiger partial charge in [-0.2, -0.15) is 5.10 Å². The third kappa shape index (κ3) is 2.03. The van der Waals surface area contributed by atoms with Gasteiger partial charge in [0.1, 0.15) is 0 Å². The molecule has 6 heteroatoms. The van der Waals surface area contributed by atoms with Crippen LogP contribution in [-0.4, -0.2) is 23.4 Å². The highest BCUT2D eigenvalue weighted by Crippen LogP contribution is 2.28. The Bertz CT molecular complexity index is 849. The molecule has 23 heavy (non-hydrogen) atoms. The van der Waals surface area contributed by atoms with Crippen molar-refractivity contribution in [2.24, 2.45) is 5.10 Å². The first-order valence-electron chi connectivity index (χ1n) is 7.09. The standard InChI is InChI=1S/C17H11N3O3/c21-15-9-14(18-19-15)10-5-7-11(8-6-10)20-16(22)12-3-1-2-4-13(12)17(20)23/h1-8H,9H2,(H,19,21). The van der Waals surface area contributed by atoms with Crippen molar-refractivity contribution in [2.45, 2.75) is 6.42 Å². The molecule has 3 amide bonds. The predicted octanol–water partition coefficient (Wildman–Crippen LogP) is 1.71. The minimum absolute atomic E-state index is 0.149. The third-order valence-electron chi connectivity index (χ3n) is 3.90. The van der Waals surface area contributed by atoms with Crippen LogP contribution < -0.4 is 10.3 Å². The van der Waals surface area contributed by atoms with Gasteiger partial charge in [-0.05, 0) is 29.8 Å². The topological polar surface area (TPSA) is 78.8 Å². The molecule has 0 fully saturated rings. The average molecular weight is 305 g/mol. The maximum absolute atomic E-state index is 12.4. The van der Waals surface area contributed by atoms with Crippen molar-refractivity contribution in [1.82, 2.24) is 5.43 Å². The highest BCUT2D eigenvalue weighted by molar-refractivity contribution is 6.34. The van der Waals surface area contributed by atoms with Gasteiger partial charge in [0.2, 0.25) is 5.91 Å². The number of hydrogen-bond acceptors (Lipinski definition) is 4. The summed E-state index contributed by atoms with van der Waals surface area (Å²) >= 11 is 0. The summed E-state index contributed by atoms with van der Waals surface area (Å²) in [5, 5.41) is 3.95. The smallest absolute Gasteiger partial charge is 0.266 e. The maximum atomic E-state index is 12.4. The molecule has 4 rings (SSSR count). The predicted molar refractivity (Wildman–Crippen MR) is 83.3 cm³/mol. The minimum Gasteiger partial charge on any atom is -0.273 e. The Balaban J connectivity index is 1.66. The molecule has 0 unspecified atom stereocenters. The van der Waals surface area contributed by atoms with Gasteiger partial charge in [-0.1, -0.05) is 24.3 Å². The summed E-state index contributed by atoms with van der Waals surface area (Å²) in [5.74, 6) is -0.800. The Morgan fingerprint density at radius 1 is 0.870 bits per heavy atom. The molecule has 0 aromatic heterocycles. The lowest BCUT2D eigenvalue weighted by atomic mass is 10.1. The van der Waals surface area contributed by atoms with Crippen molar-refractivity contribution in [3.63, 3.8) is 0 Å². The van der Waals surface area contributed by atoms with Crippen LogP contribution in [-0.2, 0) is 4.79 Å². The summed E-state index contributed by atoms with van der Waals surface area (Å²) in [6.45, 7) is 0. The second-order valence-electron chi connectivity index (χ2n) is 5.31. The normalized spacial score (nSPS) is 16.4. The van der Waals surface area contributed by atoms with E-state index in [1.54, 1.807) is 48.5 Å². The minimum atomic E-state index is -0.326. The van der Waals surface area contributed by atoms with E-state index in [1.165, 1.54) is 0 Å². The number of amides is 3. The van der Waals surface area contributed by atoms with Crippen LogP contribution in [0.5, 0.6) is 0 Å². The Hall–Kier alpha value is -3.28. The van der Waals surface area contributed by atoms with Crippen molar-refractivity contribution < 1.29 is 14.4 Å². The lowest BCUT2D eigenvalue weighted by Crippen LogP contribution is -2.29. The van der Waals surface area contributed by atoms with Gasteiger partial charge in [0, 0.05) is 0 Å². The van der Waals surface area contributed by atoms with Gasteiger partial charge in [-0.15, -0.1) is 0 Å². The number of benzene rings is 2. The summed E-state index contributed by atoms with van der Waals surface area (Å²) in [5.41, 5.74) is 5.14. The Labute approximate surface area is 131 Å². The monoisotopic (exact) mass is 305 g/mol. The van der Waals surface area contributed by atoms with Gasteiger partial charge in [0.15, 0.2) is 0 Å². The van der Waals surface area contributed by atoms with Gasteiger partial charge in [0.05, 0.1) is 28.9 Å². The molecule has 0 aliphatic carbocycles. The number of hydrogen-bond donors (Lipinski definition) is 1. The molecule has 0 radical (unpaired) electrons.